The van der Waals surface area contributed by atoms with E-state index in [0.29, 0.717) is 6.04 Å². The van der Waals surface area contributed by atoms with Crippen LogP contribution in [0.15, 0.2) is 6.33 Å². The van der Waals surface area contributed by atoms with Crippen molar-refractivity contribution in [3.63, 3.8) is 0 Å². The van der Waals surface area contributed by atoms with Crippen LogP contribution in [0.4, 0.5) is 0 Å². The number of unbranched alkanes of at least 4 members (excludes halogenated alkanes) is 3. The van der Waals surface area contributed by atoms with Gasteiger partial charge in [0.05, 0.1) is 6.04 Å². The molecule has 4 heteroatoms. The van der Waals surface area contributed by atoms with Gasteiger partial charge < -0.3 is 5.32 Å². The maximum absolute atomic E-state index is 4.24. The maximum Gasteiger partial charge on any atom is 0.141 e. The van der Waals surface area contributed by atoms with E-state index in [9.17, 15) is 0 Å². The van der Waals surface area contributed by atoms with Gasteiger partial charge in [0.25, 0.3) is 0 Å². The third-order valence-corrected chi connectivity index (χ3v) is 2.75. The van der Waals surface area contributed by atoms with E-state index in [1.165, 1.54) is 25.7 Å². The predicted molar refractivity (Wildman–Crippen MR) is 66.2 cm³/mol. The molecule has 0 aliphatic rings. The molecule has 1 heterocycles. The molecule has 0 radical (unpaired) electrons. The van der Waals surface area contributed by atoms with Gasteiger partial charge in [-0.15, -0.1) is 0 Å². The molecule has 0 fully saturated rings. The van der Waals surface area contributed by atoms with E-state index in [-0.39, 0.29) is 0 Å². The van der Waals surface area contributed by atoms with E-state index in [2.05, 4.69) is 34.3 Å². The zero-order valence-corrected chi connectivity index (χ0v) is 10.5. The molecule has 1 rings (SSSR count). The summed E-state index contributed by atoms with van der Waals surface area (Å²) in [7, 11) is 0. The van der Waals surface area contributed by atoms with Crippen molar-refractivity contribution in [1.82, 2.24) is 20.5 Å². The fourth-order valence-electron chi connectivity index (χ4n) is 1.81. The third-order valence-electron chi connectivity index (χ3n) is 2.75. The van der Waals surface area contributed by atoms with Gasteiger partial charge in [0, 0.05) is 0 Å². The van der Waals surface area contributed by atoms with Crippen LogP contribution < -0.4 is 5.32 Å². The highest BCUT2D eigenvalue weighted by molar-refractivity contribution is 4.90. The lowest BCUT2D eigenvalue weighted by Crippen LogP contribution is -2.23. The van der Waals surface area contributed by atoms with Gasteiger partial charge in [-0.25, -0.2) is 4.98 Å². The fraction of sp³-hybridized carbons (Fsp3) is 0.833. The molecule has 0 saturated heterocycles. The second kappa shape index (κ2) is 8.28. The standard InChI is InChI=1S/C12H24N4/c1-3-5-6-7-8-11(13-9-4-2)12-14-10-15-16-12/h10-11,13H,3-9H2,1-2H3,(H,14,15,16). The summed E-state index contributed by atoms with van der Waals surface area (Å²) in [6.45, 7) is 5.46. The molecule has 4 nitrogen and oxygen atoms in total. The van der Waals surface area contributed by atoms with Crippen molar-refractivity contribution in [2.75, 3.05) is 6.54 Å². The maximum atomic E-state index is 4.24. The summed E-state index contributed by atoms with van der Waals surface area (Å²) in [4.78, 5) is 4.24. The number of aromatic nitrogens is 3. The highest BCUT2D eigenvalue weighted by atomic mass is 15.2. The monoisotopic (exact) mass is 224 g/mol. The van der Waals surface area contributed by atoms with Gasteiger partial charge >= 0.3 is 0 Å². The second-order valence-corrected chi connectivity index (χ2v) is 4.23. The van der Waals surface area contributed by atoms with Crippen LogP contribution >= 0.6 is 0 Å². The van der Waals surface area contributed by atoms with Crippen molar-refractivity contribution in [2.45, 2.75) is 58.4 Å². The number of H-pyrrole nitrogens is 1. The van der Waals surface area contributed by atoms with E-state index >= 15 is 0 Å². The van der Waals surface area contributed by atoms with E-state index in [1.807, 2.05) is 0 Å². The Morgan fingerprint density at radius 2 is 2.12 bits per heavy atom. The van der Waals surface area contributed by atoms with Crippen LogP contribution in [-0.4, -0.2) is 21.7 Å². The Kier molecular flexibility index (Phi) is 6.81. The molecule has 0 bridgehead atoms. The first-order chi connectivity index (χ1) is 7.88. The zero-order valence-electron chi connectivity index (χ0n) is 10.5. The van der Waals surface area contributed by atoms with Crippen molar-refractivity contribution in [1.29, 1.82) is 0 Å². The molecule has 0 spiro atoms. The van der Waals surface area contributed by atoms with E-state index < -0.39 is 0 Å². The molecule has 1 atom stereocenters. The fourth-order valence-corrected chi connectivity index (χ4v) is 1.81. The van der Waals surface area contributed by atoms with Crippen LogP contribution in [0.3, 0.4) is 0 Å². The molecule has 0 aliphatic carbocycles. The van der Waals surface area contributed by atoms with Crippen molar-refractivity contribution in [3.8, 4) is 0 Å². The number of nitrogens with one attached hydrogen (secondary N) is 2. The van der Waals surface area contributed by atoms with Crippen LogP contribution in [0.5, 0.6) is 0 Å². The average molecular weight is 224 g/mol. The quantitative estimate of drug-likeness (QED) is 0.634. The summed E-state index contributed by atoms with van der Waals surface area (Å²) in [5.41, 5.74) is 0. The Bertz CT molecular complexity index is 246. The highest BCUT2D eigenvalue weighted by Gasteiger charge is 2.12. The largest absolute Gasteiger partial charge is 0.307 e. The van der Waals surface area contributed by atoms with Gasteiger partial charge in [0.15, 0.2) is 0 Å². The van der Waals surface area contributed by atoms with Crippen molar-refractivity contribution >= 4 is 0 Å². The molecule has 0 aliphatic heterocycles. The van der Waals surface area contributed by atoms with Crippen molar-refractivity contribution in [3.05, 3.63) is 12.2 Å². The molecule has 0 aromatic carbocycles. The lowest BCUT2D eigenvalue weighted by atomic mass is 10.1. The normalized spacial score (nSPS) is 12.9. The van der Waals surface area contributed by atoms with Crippen LogP contribution in [0.2, 0.25) is 0 Å². The molecule has 0 amide bonds. The molecule has 1 aromatic rings. The summed E-state index contributed by atoms with van der Waals surface area (Å²) in [6, 6.07) is 0.347. The highest BCUT2D eigenvalue weighted by Crippen LogP contribution is 2.16. The first-order valence-corrected chi connectivity index (χ1v) is 6.47. The van der Waals surface area contributed by atoms with E-state index in [1.54, 1.807) is 6.33 Å². The summed E-state index contributed by atoms with van der Waals surface area (Å²) in [5, 5.41) is 10.4. The molecule has 16 heavy (non-hydrogen) atoms. The number of rotatable bonds is 9. The van der Waals surface area contributed by atoms with Crippen LogP contribution in [0.1, 0.15) is 64.2 Å². The number of hydrogen-bond acceptors (Lipinski definition) is 3. The molecular formula is C12H24N4. The van der Waals surface area contributed by atoms with Gasteiger partial charge in [-0.2, -0.15) is 5.10 Å². The Balaban J connectivity index is 2.32. The second-order valence-electron chi connectivity index (χ2n) is 4.23. The van der Waals surface area contributed by atoms with E-state index in [4.69, 9.17) is 0 Å². The smallest absolute Gasteiger partial charge is 0.141 e. The summed E-state index contributed by atoms with van der Waals surface area (Å²) in [5.74, 6) is 0.977. The minimum atomic E-state index is 0.347. The van der Waals surface area contributed by atoms with Gasteiger partial charge in [-0.05, 0) is 19.4 Å². The predicted octanol–water partition coefficient (Wildman–Crippen LogP) is 2.82. The van der Waals surface area contributed by atoms with Gasteiger partial charge in [-0.1, -0.05) is 39.5 Å². The van der Waals surface area contributed by atoms with Crippen LogP contribution in [0.25, 0.3) is 0 Å². The van der Waals surface area contributed by atoms with Gasteiger partial charge in [0.1, 0.15) is 12.2 Å². The molecule has 1 aromatic heterocycles. The number of nitrogens with zero attached hydrogens (tertiary/aromatic N) is 2. The van der Waals surface area contributed by atoms with Crippen molar-refractivity contribution < 1.29 is 0 Å². The van der Waals surface area contributed by atoms with Crippen molar-refractivity contribution in [2.24, 2.45) is 0 Å². The Morgan fingerprint density at radius 3 is 2.75 bits per heavy atom. The van der Waals surface area contributed by atoms with Crippen LogP contribution in [0, 0.1) is 0 Å². The van der Waals surface area contributed by atoms with E-state index in [0.717, 1.165) is 25.2 Å². The summed E-state index contributed by atoms with van der Waals surface area (Å²) < 4.78 is 0. The molecule has 1 unspecified atom stereocenters. The van der Waals surface area contributed by atoms with Gasteiger partial charge in [0.2, 0.25) is 0 Å². The number of aromatic amines is 1. The minimum absolute atomic E-state index is 0.347. The lowest BCUT2D eigenvalue weighted by Gasteiger charge is -2.15. The molecule has 92 valence electrons. The Labute approximate surface area is 98.2 Å². The number of hydrogen-bond donors (Lipinski definition) is 2. The minimum Gasteiger partial charge on any atom is -0.307 e. The Morgan fingerprint density at radius 1 is 1.25 bits per heavy atom. The van der Waals surface area contributed by atoms with Gasteiger partial charge in [-0.3, -0.25) is 5.10 Å². The molecule has 0 saturated carbocycles. The zero-order chi connectivity index (χ0) is 11.6. The topological polar surface area (TPSA) is 53.6 Å². The average Bonchev–Trinajstić information content (AvgIpc) is 2.82. The first kappa shape index (κ1) is 13.2. The summed E-state index contributed by atoms with van der Waals surface area (Å²) in [6.07, 6.45) is 9.08. The third kappa shape index (κ3) is 4.75. The summed E-state index contributed by atoms with van der Waals surface area (Å²) >= 11 is 0. The lowest BCUT2D eigenvalue weighted by molar-refractivity contribution is 0.453. The molecule has 2 N–H and O–H groups in total. The van der Waals surface area contributed by atoms with Crippen LogP contribution in [-0.2, 0) is 0 Å². The molecular weight excluding hydrogens is 200 g/mol. The Hall–Kier alpha value is -0.900. The SMILES string of the molecule is CCCCCCC(NCCC)c1ncn[nH]1. The first-order valence-electron chi connectivity index (χ1n) is 6.47.